The van der Waals surface area contributed by atoms with Crippen molar-refractivity contribution in [1.82, 2.24) is 0 Å². The van der Waals surface area contributed by atoms with E-state index < -0.39 is 0 Å². The third-order valence-electron chi connectivity index (χ3n) is 12.0. The Hall–Kier alpha value is -6.38. The van der Waals surface area contributed by atoms with Gasteiger partial charge in [0.25, 0.3) is 0 Å². The van der Waals surface area contributed by atoms with Gasteiger partial charge in [0.15, 0.2) is 0 Å². The van der Waals surface area contributed by atoms with Crippen molar-refractivity contribution in [2.24, 2.45) is 0 Å². The van der Waals surface area contributed by atoms with Gasteiger partial charge in [-0.05, 0) is 92.4 Å². The highest BCUT2D eigenvalue weighted by atomic mass is 15.2. The Kier molecular flexibility index (Phi) is 7.22. The van der Waals surface area contributed by atoms with Gasteiger partial charge in [0, 0.05) is 27.6 Å². The largest absolute Gasteiger partial charge is 0.308 e. The van der Waals surface area contributed by atoms with Crippen molar-refractivity contribution < 1.29 is 0 Å². The van der Waals surface area contributed by atoms with E-state index in [2.05, 4.69) is 219 Å². The van der Waals surface area contributed by atoms with Crippen LogP contribution < -0.4 is 9.80 Å². The highest BCUT2D eigenvalue weighted by molar-refractivity contribution is 6.09. The second-order valence-electron chi connectivity index (χ2n) is 15.8. The van der Waals surface area contributed by atoms with Crippen LogP contribution in [0.4, 0.5) is 34.1 Å². The molecule has 2 heteroatoms. The highest BCUT2D eigenvalue weighted by Gasteiger charge is 2.40. The zero-order valence-corrected chi connectivity index (χ0v) is 31.2. The van der Waals surface area contributed by atoms with E-state index in [0.29, 0.717) is 0 Å². The van der Waals surface area contributed by atoms with Crippen LogP contribution in [0, 0.1) is 0 Å². The molecule has 0 saturated carbocycles. The van der Waals surface area contributed by atoms with Crippen LogP contribution in [0.1, 0.15) is 49.9 Å². The average molecular weight is 695 g/mol. The van der Waals surface area contributed by atoms with Crippen molar-refractivity contribution in [2.75, 3.05) is 9.80 Å². The molecule has 54 heavy (non-hydrogen) atoms. The zero-order valence-electron chi connectivity index (χ0n) is 31.2. The van der Waals surface area contributed by atoms with E-state index in [1.54, 1.807) is 0 Å². The minimum Gasteiger partial charge on any atom is -0.308 e. The summed E-state index contributed by atoms with van der Waals surface area (Å²) < 4.78 is 0. The van der Waals surface area contributed by atoms with Gasteiger partial charge in [-0.1, -0.05) is 167 Å². The molecule has 2 aliphatic rings. The first-order chi connectivity index (χ1) is 26.3. The molecule has 0 spiro atoms. The van der Waals surface area contributed by atoms with E-state index in [-0.39, 0.29) is 10.8 Å². The molecule has 0 N–H and O–H groups in total. The molecule has 0 aromatic heterocycles. The first-order valence-corrected chi connectivity index (χ1v) is 19.0. The molecule has 0 bridgehead atoms. The lowest BCUT2D eigenvalue weighted by Crippen LogP contribution is -2.31. The SMILES string of the molecule is CC1(C)c2ccccc2-c2ccc(N(c3ccccc3)c3ccc4ccccc4c3N3c4ccccc4C(C)(C)c4ccc(-c5ccccc5)cc43)cc21. The summed E-state index contributed by atoms with van der Waals surface area (Å²) in [4.78, 5) is 5.04. The van der Waals surface area contributed by atoms with E-state index in [0.717, 1.165) is 22.7 Å². The Labute approximate surface area is 318 Å². The molecule has 0 saturated heterocycles. The summed E-state index contributed by atoms with van der Waals surface area (Å²) in [7, 11) is 0. The molecular weight excluding hydrogens is 653 g/mol. The quantitative estimate of drug-likeness (QED) is 0.177. The monoisotopic (exact) mass is 694 g/mol. The number of benzene rings is 8. The standard InChI is InChI=1S/C52H42N2/c1-51(2)43-24-14-13-23-41(43)42-30-29-39(34-46(42)51)53(38-20-9-6-10-21-38)48-32-28-36-19-11-12-22-40(36)50(48)54-47-26-16-15-25-44(47)52(3,4)45-31-27-37(33-49(45)54)35-17-7-5-8-18-35/h5-34H,1-4H3. The summed E-state index contributed by atoms with van der Waals surface area (Å²) in [6.07, 6.45) is 0. The smallest absolute Gasteiger partial charge is 0.0781 e. The molecule has 8 aromatic rings. The average Bonchev–Trinajstić information content (AvgIpc) is 3.44. The van der Waals surface area contributed by atoms with Crippen molar-refractivity contribution in [3.8, 4) is 22.3 Å². The molecular formula is C52H42N2. The van der Waals surface area contributed by atoms with Crippen LogP contribution in [-0.2, 0) is 10.8 Å². The van der Waals surface area contributed by atoms with Crippen LogP contribution in [-0.4, -0.2) is 0 Å². The van der Waals surface area contributed by atoms with E-state index >= 15 is 0 Å². The van der Waals surface area contributed by atoms with Gasteiger partial charge in [0.1, 0.15) is 0 Å². The third-order valence-corrected chi connectivity index (χ3v) is 12.0. The number of hydrogen-bond donors (Lipinski definition) is 0. The Morgan fingerprint density at radius 2 is 1.04 bits per heavy atom. The number of hydrogen-bond acceptors (Lipinski definition) is 2. The molecule has 0 radical (unpaired) electrons. The first kappa shape index (κ1) is 32.3. The third kappa shape index (κ3) is 4.80. The van der Waals surface area contributed by atoms with Crippen LogP contribution in [0.5, 0.6) is 0 Å². The molecule has 1 heterocycles. The lowest BCUT2D eigenvalue weighted by atomic mass is 9.73. The van der Waals surface area contributed by atoms with Crippen LogP contribution in [0.2, 0.25) is 0 Å². The topological polar surface area (TPSA) is 6.48 Å². The lowest BCUT2D eigenvalue weighted by molar-refractivity contribution is 0.632. The Morgan fingerprint density at radius 3 is 1.85 bits per heavy atom. The van der Waals surface area contributed by atoms with Gasteiger partial charge >= 0.3 is 0 Å². The lowest BCUT2D eigenvalue weighted by Gasteiger charge is -2.44. The van der Waals surface area contributed by atoms with Gasteiger partial charge in [-0.2, -0.15) is 0 Å². The Balaban J connectivity index is 1.28. The van der Waals surface area contributed by atoms with Crippen molar-refractivity contribution in [2.45, 2.75) is 38.5 Å². The Bertz CT molecular complexity index is 2720. The van der Waals surface area contributed by atoms with Crippen molar-refractivity contribution >= 4 is 44.9 Å². The molecule has 2 nitrogen and oxygen atoms in total. The number of rotatable bonds is 5. The van der Waals surface area contributed by atoms with Gasteiger partial charge in [0.05, 0.1) is 22.7 Å². The second kappa shape index (κ2) is 12.1. The summed E-state index contributed by atoms with van der Waals surface area (Å²) in [6, 6.07) is 67.2. The second-order valence-corrected chi connectivity index (χ2v) is 15.8. The molecule has 0 amide bonds. The fourth-order valence-corrected chi connectivity index (χ4v) is 9.26. The van der Waals surface area contributed by atoms with Gasteiger partial charge in [-0.15, -0.1) is 0 Å². The molecule has 8 aromatic carbocycles. The summed E-state index contributed by atoms with van der Waals surface area (Å²) in [6.45, 7) is 9.47. The molecule has 1 aliphatic carbocycles. The normalized spacial score (nSPS) is 14.6. The maximum atomic E-state index is 2.56. The number of anilines is 6. The fourth-order valence-electron chi connectivity index (χ4n) is 9.26. The maximum absolute atomic E-state index is 2.56. The van der Waals surface area contributed by atoms with Crippen molar-refractivity contribution in [3.63, 3.8) is 0 Å². The molecule has 1 aliphatic heterocycles. The minimum absolute atomic E-state index is 0.124. The zero-order chi connectivity index (χ0) is 36.6. The van der Waals surface area contributed by atoms with E-state index in [1.807, 2.05) is 0 Å². The van der Waals surface area contributed by atoms with Gasteiger partial charge in [-0.3, -0.25) is 0 Å². The van der Waals surface area contributed by atoms with Crippen LogP contribution in [0.25, 0.3) is 33.0 Å². The Morgan fingerprint density at radius 1 is 0.407 bits per heavy atom. The van der Waals surface area contributed by atoms with Gasteiger partial charge in [0.2, 0.25) is 0 Å². The van der Waals surface area contributed by atoms with E-state index in [4.69, 9.17) is 0 Å². The predicted molar refractivity (Wildman–Crippen MR) is 228 cm³/mol. The first-order valence-electron chi connectivity index (χ1n) is 19.0. The van der Waals surface area contributed by atoms with Gasteiger partial charge < -0.3 is 9.80 Å². The molecule has 0 atom stereocenters. The minimum atomic E-state index is -0.206. The van der Waals surface area contributed by atoms with E-state index in [9.17, 15) is 0 Å². The van der Waals surface area contributed by atoms with Crippen LogP contribution in [0.15, 0.2) is 182 Å². The molecule has 260 valence electrons. The predicted octanol–water partition coefficient (Wildman–Crippen LogP) is 14.4. The number of para-hydroxylation sites is 2. The highest BCUT2D eigenvalue weighted by Crippen LogP contribution is 2.57. The molecule has 0 unspecified atom stereocenters. The summed E-state index contributed by atoms with van der Waals surface area (Å²) >= 11 is 0. The van der Waals surface area contributed by atoms with Gasteiger partial charge in [-0.25, -0.2) is 0 Å². The van der Waals surface area contributed by atoms with Crippen molar-refractivity contribution in [1.29, 1.82) is 0 Å². The fraction of sp³-hybridized carbons (Fsp3) is 0.115. The summed E-state index contributed by atoms with van der Waals surface area (Å²) in [5.41, 5.74) is 17.0. The van der Waals surface area contributed by atoms with Crippen molar-refractivity contribution in [3.05, 3.63) is 204 Å². The van der Waals surface area contributed by atoms with Crippen LogP contribution in [0.3, 0.4) is 0 Å². The summed E-state index contributed by atoms with van der Waals surface area (Å²) in [5.74, 6) is 0. The molecule has 10 rings (SSSR count). The molecule has 0 fully saturated rings. The number of nitrogens with zero attached hydrogens (tertiary/aromatic N) is 2. The van der Waals surface area contributed by atoms with Crippen LogP contribution >= 0.6 is 0 Å². The maximum Gasteiger partial charge on any atom is 0.0781 e. The number of fused-ring (bicyclic) bond motifs is 6. The summed E-state index contributed by atoms with van der Waals surface area (Å²) in [5, 5.41) is 2.41. The van der Waals surface area contributed by atoms with E-state index in [1.165, 1.54) is 66.7 Å².